The van der Waals surface area contributed by atoms with Crippen molar-refractivity contribution < 1.29 is 19.5 Å². The molecule has 1 rings (SSSR count). The molecule has 0 spiro atoms. The van der Waals surface area contributed by atoms with Crippen LogP contribution in [0.5, 0.6) is 0 Å². The van der Waals surface area contributed by atoms with Gasteiger partial charge in [0.15, 0.2) is 0 Å². The van der Waals surface area contributed by atoms with E-state index in [4.69, 9.17) is 5.11 Å². The number of hydrogen-bond donors (Lipinski definition) is 2. The van der Waals surface area contributed by atoms with Crippen molar-refractivity contribution in [2.24, 2.45) is 0 Å². The van der Waals surface area contributed by atoms with Crippen LogP contribution in [0.2, 0.25) is 0 Å². The molecule has 7 nitrogen and oxygen atoms in total. The first-order valence-electron chi connectivity index (χ1n) is 5.87. The molecular formula is C11H19N3O4. The Morgan fingerprint density at radius 3 is 2.78 bits per heavy atom. The number of amides is 3. The highest BCUT2D eigenvalue weighted by atomic mass is 16.4. The van der Waals surface area contributed by atoms with Crippen molar-refractivity contribution in [2.75, 3.05) is 27.2 Å². The maximum atomic E-state index is 11.7. The maximum Gasteiger partial charge on any atom is 0.317 e. The zero-order valence-corrected chi connectivity index (χ0v) is 10.7. The van der Waals surface area contributed by atoms with Gasteiger partial charge in [0.25, 0.3) is 0 Å². The lowest BCUT2D eigenvalue weighted by Gasteiger charge is -2.31. The zero-order chi connectivity index (χ0) is 13.7. The second-order valence-electron chi connectivity index (χ2n) is 4.52. The number of aliphatic carboxylic acids is 1. The second-order valence-corrected chi connectivity index (χ2v) is 4.52. The maximum absolute atomic E-state index is 11.7. The number of piperidine rings is 1. The topological polar surface area (TPSA) is 90.0 Å². The first-order valence-corrected chi connectivity index (χ1v) is 5.87. The van der Waals surface area contributed by atoms with Crippen LogP contribution in [-0.2, 0) is 9.59 Å². The van der Waals surface area contributed by atoms with E-state index in [1.165, 1.54) is 4.90 Å². The van der Waals surface area contributed by atoms with Crippen molar-refractivity contribution in [1.82, 2.24) is 15.1 Å². The smallest absolute Gasteiger partial charge is 0.317 e. The fourth-order valence-corrected chi connectivity index (χ4v) is 1.78. The van der Waals surface area contributed by atoms with Gasteiger partial charge < -0.3 is 20.2 Å². The van der Waals surface area contributed by atoms with Gasteiger partial charge in [0, 0.05) is 39.6 Å². The minimum atomic E-state index is -0.933. The van der Waals surface area contributed by atoms with Crippen LogP contribution in [0.1, 0.15) is 19.3 Å². The van der Waals surface area contributed by atoms with Crippen molar-refractivity contribution in [3.8, 4) is 0 Å². The summed E-state index contributed by atoms with van der Waals surface area (Å²) in [6.07, 6.45) is 0.981. The molecule has 0 saturated carbocycles. The summed E-state index contributed by atoms with van der Waals surface area (Å²) >= 11 is 0. The molecule has 0 bridgehead atoms. The highest BCUT2D eigenvalue weighted by Crippen LogP contribution is 2.09. The van der Waals surface area contributed by atoms with Gasteiger partial charge in [-0.3, -0.25) is 9.59 Å². The molecule has 1 fully saturated rings. The van der Waals surface area contributed by atoms with Gasteiger partial charge in [-0.05, 0) is 6.42 Å². The first-order chi connectivity index (χ1) is 8.40. The number of hydrogen-bond acceptors (Lipinski definition) is 3. The van der Waals surface area contributed by atoms with Crippen molar-refractivity contribution in [1.29, 1.82) is 0 Å². The summed E-state index contributed by atoms with van der Waals surface area (Å²) in [4.78, 5) is 36.3. The van der Waals surface area contributed by atoms with Gasteiger partial charge in [-0.1, -0.05) is 0 Å². The highest BCUT2D eigenvalue weighted by Gasteiger charge is 2.24. The van der Waals surface area contributed by atoms with Gasteiger partial charge in [0.1, 0.15) is 0 Å². The number of urea groups is 1. The van der Waals surface area contributed by atoms with Gasteiger partial charge >= 0.3 is 12.0 Å². The third kappa shape index (κ3) is 4.23. The standard InChI is InChI=1S/C11H19N3O4/c1-13(6-5-10(16)17)11(18)12-8-3-4-9(15)14(2)7-8/h8H,3-7H2,1-2H3,(H,12,18)(H,16,17). The van der Waals surface area contributed by atoms with Crippen molar-refractivity contribution >= 4 is 17.9 Å². The molecule has 2 N–H and O–H groups in total. The van der Waals surface area contributed by atoms with Crippen LogP contribution >= 0.6 is 0 Å². The predicted octanol–water partition coefficient (Wildman–Crippen LogP) is -0.277. The molecule has 1 saturated heterocycles. The Morgan fingerprint density at radius 2 is 2.22 bits per heavy atom. The van der Waals surface area contributed by atoms with Gasteiger partial charge in [-0.2, -0.15) is 0 Å². The predicted molar refractivity (Wildman–Crippen MR) is 64.1 cm³/mol. The number of carboxylic acid groups (broad SMARTS) is 1. The van der Waals surface area contributed by atoms with Crippen LogP contribution in [0, 0.1) is 0 Å². The molecule has 3 amide bonds. The summed E-state index contributed by atoms with van der Waals surface area (Å²) in [6.45, 7) is 0.667. The Morgan fingerprint density at radius 1 is 1.56 bits per heavy atom. The first kappa shape index (κ1) is 14.3. The molecule has 0 aromatic heterocycles. The van der Waals surface area contributed by atoms with Crippen LogP contribution in [0.4, 0.5) is 4.79 Å². The third-order valence-corrected chi connectivity index (χ3v) is 2.96. The summed E-state index contributed by atoms with van der Waals surface area (Å²) in [7, 11) is 3.25. The summed E-state index contributed by atoms with van der Waals surface area (Å²) in [5, 5.41) is 11.3. The lowest BCUT2D eigenvalue weighted by atomic mass is 10.1. The van der Waals surface area contributed by atoms with E-state index in [1.54, 1.807) is 19.0 Å². The number of likely N-dealkylation sites (N-methyl/N-ethyl adjacent to an activating group) is 1. The second kappa shape index (κ2) is 6.23. The number of likely N-dealkylation sites (tertiary alicyclic amines) is 1. The van der Waals surface area contributed by atoms with Crippen LogP contribution in [0.25, 0.3) is 0 Å². The Kier molecular flexibility index (Phi) is 4.94. The molecule has 0 aromatic carbocycles. The number of rotatable bonds is 4. The molecule has 7 heteroatoms. The molecule has 1 heterocycles. The molecule has 1 atom stereocenters. The number of carbonyl (C=O) groups is 3. The number of carboxylic acids is 1. The molecule has 0 aliphatic carbocycles. The Hall–Kier alpha value is -1.79. The van der Waals surface area contributed by atoms with Gasteiger partial charge in [0.05, 0.1) is 6.42 Å². The van der Waals surface area contributed by atoms with Gasteiger partial charge in [-0.15, -0.1) is 0 Å². The number of nitrogens with zero attached hydrogens (tertiary/aromatic N) is 2. The van der Waals surface area contributed by atoms with Crippen LogP contribution < -0.4 is 5.32 Å². The highest BCUT2D eigenvalue weighted by molar-refractivity contribution is 5.78. The molecular weight excluding hydrogens is 238 g/mol. The lowest BCUT2D eigenvalue weighted by Crippen LogP contribution is -2.51. The van der Waals surface area contributed by atoms with E-state index in [9.17, 15) is 14.4 Å². The van der Waals surface area contributed by atoms with E-state index < -0.39 is 5.97 Å². The summed E-state index contributed by atoms with van der Waals surface area (Å²) < 4.78 is 0. The van der Waals surface area contributed by atoms with Gasteiger partial charge in [0.2, 0.25) is 5.91 Å². The quantitative estimate of drug-likeness (QED) is 0.725. The van der Waals surface area contributed by atoms with E-state index in [0.717, 1.165) is 0 Å². The molecule has 1 unspecified atom stereocenters. The largest absolute Gasteiger partial charge is 0.481 e. The number of nitrogens with one attached hydrogen (secondary N) is 1. The normalized spacial score (nSPS) is 19.6. The van der Waals surface area contributed by atoms with Crippen LogP contribution in [0.15, 0.2) is 0 Å². The van der Waals surface area contributed by atoms with E-state index in [1.807, 2.05) is 0 Å². The van der Waals surface area contributed by atoms with E-state index in [-0.39, 0.29) is 30.9 Å². The van der Waals surface area contributed by atoms with Crippen LogP contribution in [0.3, 0.4) is 0 Å². The average molecular weight is 257 g/mol. The van der Waals surface area contributed by atoms with E-state index in [0.29, 0.717) is 19.4 Å². The monoisotopic (exact) mass is 257 g/mol. The van der Waals surface area contributed by atoms with Crippen molar-refractivity contribution in [3.63, 3.8) is 0 Å². The van der Waals surface area contributed by atoms with Crippen molar-refractivity contribution in [3.05, 3.63) is 0 Å². The zero-order valence-electron chi connectivity index (χ0n) is 10.7. The summed E-state index contributed by atoms with van der Waals surface area (Å²) in [5.41, 5.74) is 0. The fraction of sp³-hybridized carbons (Fsp3) is 0.727. The minimum Gasteiger partial charge on any atom is -0.481 e. The lowest BCUT2D eigenvalue weighted by molar-refractivity contribution is -0.137. The van der Waals surface area contributed by atoms with Gasteiger partial charge in [-0.25, -0.2) is 4.79 Å². The molecule has 1 aliphatic rings. The Bertz CT molecular complexity index is 345. The molecule has 1 aliphatic heterocycles. The molecule has 18 heavy (non-hydrogen) atoms. The number of carbonyl (C=O) groups excluding carboxylic acids is 2. The van der Waals surface area contributed by atoms with E-state index in [2.05, 4.69) is 5.32 Å². The van der Waals surface area contributed by atoms with Crippen LogP contribution in [-0.4, -0.2) is 66.0 Å². The average Bonchev–Trinajstić information content (AvgIpc) is 2.30. The Labute approximate surface area is 106 Å². The molecule has 102 valence electrons. The third-order valence-electron chi connectivity index (χ3n) is 2.96. The summed E-state index contributed by atoms with van der Waals surface area (Å²) in [6, 6.07) is -0.364. The Balaban J connectivity index is 2.35. The summed E-state index contributed by atoms with van der Waals surface area (Å²) in [5.74, 6) is -0.850. The van der Waals surface area contributed by atoms with E-state index >= 15 is 0 Å². The fourth-order valence-electron chi connectivity index (χ4n) is 1.78. The molecule has 0 radical (unpaired) electrons. The van der Waals surface area contributed by atoms with Crippen molar-refractivity contribution in [2.45, 2.75) is 25.3 Å². The SMILES string of the molecule is CN1CC(NC(=O)N(C)CCC(=O)O)CCC1=O. The minimum absolute atomic E-state index is 0.0625. The molecule has 0 aromatic rings.